The molecular formula is C24H22F2N2O2. The number of carbonyl (C=O) groups is 2. The SMILES string of the molecule is CC(NC(=O)CCNC(=O)c1ccc(F)cc1F)(c1ccccc1)c1ccccc1. The fourth-order valence-electron chi connectivity index (χ4n) is 3.25. The van der Waals surface area contributed by atoms with Crippen LogP contribution in [0, 0.1) is 11.6 Å². The molecule has 4 nitrogen and oxygen atoms in total. The average molecular weight is 408 g/mol. The quantitative estimate of drug-likeness (QED) is 0.617. The summed E-state index contributed by atoms with van der Waals surface area (Å²) < 4.78 is 26.7. The van der Waals surface area contributed by atoms with Gasteiger partial charge in [-0.25, -0.2) is 8.78 Å². The van der Waals surface area contributed by atoms with Crippen molar-refractivity contribution in [2.24, 2.45) is 0 Å². The molecule has 3 rings (SSSR count). The average Bonchev–Trinajstić information content (AvgIpc) is 2.74. The number of halogens is 2. The summed E-state index contributed by atoms with van der Waals surface area (Å²) in [7, 11) is 0. The van der Waals surface area contributed by atoms with Crippen LogP contribution in [0.1, 0.15) is 34.8 Å². The van der Waals surface area contributed by atoms with Crippen LogP contribution in [0.4, 0.5) is 8.78 Å². The van der Waals surface area contributed by atoms with E-state index in [2.05, 4.69) is 10.6 Å². The molecule has 0 fully saturated rings. The van der Waals surface area contributed by atoms with Gasteiger partial charge in [0.15, 0.2) is 0 Å². The van der Waals surface area contributed by atoms with Gasteiger partial charge in [-0.15, -0.1) is 0 Å². The molecule has 0 radical (unpaired) electrons. The summed E-state index contributed by atoms with van der Waals surface area (Å²) in [5, 5.41) is 5.54. The van der Waals surface area contributed by atoms with Gasteiger partial charge in [-0.1, -0.05) is 60.7 Å². The van der Waals surface area contributed by atoms with Crippen LogP contribution < -0.4 is 10.6 Å². The highest BCUT2D eigenvalue weighted by Crippen LogP contribution is 2.29. The summed E-state index contributed by atoms with van der Waals surface area (Å²) in [6, 6.07) is 21.9. The van der Waals surface area contributed by atoms with Gasteiger partial charge in [0.2, 0.25) is 5.91 Å². The summed E-state index contributed by atoms with van der Waals surface area (Å²) in [5.41, 5.74) is 0.811. The molecule has 0 saturated carbocycles. The molecule has 0 aliphatic carbocycles. The van der Waals surface area contributed by atoms with E-state index in [1.54, 1.807) is 0 Å². The molecule has 0 aromatic heterocycles. The lowest BCUT2D eigenvalue weighted by atomic mass is 9.84. The molecule has 0 heterocycles. The van der Waals surface area contributed by atoms with E-state index in [0.29, 0.717) is 6.07 Å². The van der Waals surface area contributed by atoms with Crippen LogP contribution >= 0.6 is 0 Å². The second kappa shape index (κ2) is 9.31. The minimum absolute atomic E-state index is 0.00378. The van der Waals surface area contributed by atoms with Gasteiger partial charge in [-0.2, -0.15) is 0 Å². The lowest BCUT2D eigenvalue weighted by Crippen LogP contribution is -2.45. The van der Waals surface area contributed by atoms with Crippen molar-refractivity contribution in [3.8, 4) is 0 Å². The van der Waals surface area contributed by atoms with E-state index in [9.17, 15) is 18.4 Å². The Kier molecular flexibility index (Phi) is 6.57. The van der Waals surface area contributed by atoms with Crippen molar-refractivity contribution in [2.75, 3.05) is 6.54 Å². The lowest BCUT2D eigenvalue weighted by molar-refractivity contribution is -0.122. The van der Waals surface area contributed by atoms with Gasteiger partial charge in [-0.3, -0.25) is 9.59 Å². The Morgan fingerprint density at radius 3 is 1.97 bits per heavy atom. The number of benzene rings is 3. The molecule has 2 amide bonds. The fraction of sp³-hybridized carbons (Fsp3) is 0.167. The first-order valence-electron chi connectivity index (χ1n) is 9.55. The molecule has 154 valence electrons. The minimum Gasteiger partial charge on any atom is -0.351 e. The van der Waals surface area contributed by atoms with Gasteiger partial charge >= 0.3 is 0 Å². The predicted molar refractivity (Wildman–Crippen MR) is 111 cm³/mol. The molecule has 0 atom stereocenters. The molecule has 6 heteroatoms. The largest absolute Gasteiger partial charge is 0.351 e. The summed E-state index contributed by atoms with van der Waals surface area (Å²) >= 11 is 0. The van der Waals surface area contributed by atoms with Crippen LogP contribution in [-0.4, -0.2) is 18.4 Å². The van der Waals surface area contributed by atoms with E-state index in [-0.39, 0.29) is 24.4 Å². The van der Waals surface area contributed by atoms with Crippen molar-refractivity contribution in [1.82, 2.24) is 10.6 Å². The van der Waals surface area contributed by atoms with Crippen LogP contribution in [0.25, 0.3) is 0 Å². The molecule has 3 aromatic carbocycles. The summed E-state index contributed by atoms with van der Waals surface area (Å²) in [4.78, 5) is 24.7. The summed E-state index contributed by atoms with van der Waals surface area (Å²) in [5.74, 6) is -2.68. The van der Waals surface area contributed by atoms with Crippen molar-refractivity contribution < 1.29 is 18.4 Å². The number of amides is 2. The van der Waals surface area contributed by atoms with Gasteiger partial charge < -0.3 is 10.6 Å². The molecule has 3 aromatic rings. The highest BCUT2D eigenvalue weighted by Gasteiger charge is 2.30. The van der Waals surface area contributed by atoms with E-state index < -0.39 is 23.1 Å². The number of hydrogen-bond acceptors (Lipinski definition) is 2. The van der Waals surface area contributed by atoms with Crippen molar-refractivity contribution in [2.45, 2.75) is 18.9 Å². The molecule has 30 heavy (non-hydrogen) atoms. The van der Waals surface area contributed by atoms with Crippen molar-refractivity contribution in [3.05, 3.63) is 107 Å². The van der Waals surface area contributed by atoms with Gasteiger partial charge in [0.05, 0.1) is 11.1 Å². The predicted octanol–water partition coefficient (Wildman–Crippen LogP) is 4.16. The van der Waals surface area contributed by atoms with E-state index in [1.165, 1.54) is 0 Å². The molecule has 2 N–H and O–H groups in total. The highest BCUT2D eigenvalue weighted by atomic mass is 19.1. The number of hydrogen-bond donors (Lipinski definition) is 2. The molecular weight excluding hydrogens is 386 g/mol. The number of carbonyl (C=O) groups excluding carboxylic acids is 2. The van der Waals surface area contributed by atoms with Crippen LogP contribution in [0.2, 0.25) is 0 Å². The minimum atomic E-state index is -0.947. The van der Waals surface area contributed by atoms with E-state index in [1.807, 2.05) is 67.6 Å². The Morgan fingerprint density at radius 2 is 1.43 bits per heavy atom. The van der Waals surface area contributed by atoms with Crippen molar-refractivity contribution >= 4 is 11.8 Å². The van der Waals surface area contributed by atoms with E-state index in [4.69, 9.17) is 0 Å². The Morgan fingerprint density at radius 1 is 0.867 bits per heavy atom. The van der Waals surface area contributed by atoms with E-state index >= 15 is 0 Å². The van der Waals surface area contributed by atoms with Gasteiger partial charge in [0.25, 0.3) is 5.91 Å². The molecule has 0 spiro atoms. The Hall–Kier alpha value is -3.54. The smallest absolute Gasteiger partial charge is 0.254 e. The van der Waals surface area contributed by atoms with Crippen LogP contribution in [0.3, 0.4) is 0 Å². The third kappa shape index (κ3) is 4.89. The lowest BCUT2D eigenvalue weighted by Gasteiger charge is -2.32. The third-order valence-corrected chi connectivity index (χ3v) is 4.91. The Bertz CT molecular complexity index is 984. The first kappa shape index (κ1) is 21.2. The normalized spacial score (nSPS) is 11.0. The van der Waals surface area contributed by atoms with Crippen LogP contribution in [0.5, 0.6) is 0 Å². The zero-order chi connectivity index (χ0) is 21.6. The Labute approximate surface area is 173 Å². The van der Waals surface area contributed by atoms with Crippen molar-refractivity contribution in [1.29, 1.82) is 0 Å². The van der Waals surface area contributed by atoms with Crippen LogP contribution in [0.15, 0.2) is 78.9 Å². The third-order valence-electron chi connectivity index (χ3n) is 4.91. The summed E-state index contributed by atoms with van der Waals surface area (Å²) in [6.45, 7) is 1.93. The standard InChI is InChI=1S/C24H22F2N2O2/c1-24(17-8-4-2-5-9-17,18-10-6-3-7-11-18)28-22(29)14-15-27-23(30)20-13-12-19(25)16-21(20)26/h2-13,16H,14-15H2,1H3,(H,27,30)(H,28,29). The highest BCUT2D eigenvalue weighted by molar-refractivity contribution is 5.94. The molecule has 0 saturated heterocycles. The molecule has 0 bridgehead atoms. The topological polar surface area (TPSA) is 58.2 Å². The fourth-order valence-corrected chi connectivity index (χ4v) is 3.25. The monoisotopic (exact) mass is 408 g/mol. The summed E-state index contributed by atoms with van der Waals surface area (Å²) in [6.07, 6.45) is 0.00378. The second-order valence-corrected chi connectivity index (χ2v) is 7.04. The molecule has 0 aliphatic heterocycles. The van der Waals surface area contributed by atoms with Crippen molar-refractivity contribution in [3.63, 3.8) is 0 Å². The first-order chi connectivity index (χ1) is 14.4. The van der Waals surface area contributed by atoms with Gasteiger partial charge in [0.1, 0.15) is 11.6 Å². The molecule has 0 unspecified atom stereocenters. The first-order valence-corrected chi connectivity index (χ1v) is 9.55. The second-order valence-electron chi connectivity index (χ2n) is 7.04. The van der Waals surface area contributed by atoms with E-state index in [0.717, 1.165) is 23.3 Å². The zero-order valence-corrected chi connectivity index (χ0v) is 16.5. The maximum absolute atomic E-state index is 13.7. The van der Waals surface area contributed by atoms with Gasteiger partial charge in [-0.05, 0) is 30.2 Å². The Balaban J connectivity index is 1.66. The zero-order valence-electron chi connectivity index (χ0n) is 16.5. The number of nitrogens with one attached hydrogen (secondary N) is 2. The number of rotatable bonds is 7. The van der Waals surface area contributed by atoms with Crippen LogP contribution in [-0.2, 0) is 10.3 Å². The molecule has 0 aliphatic rings. The van der Waals surface area contributed by atoms with Gasteiger partial charge in [0, 0.05) is 19.0 Å². The maximum Gasteiger partial charge on any atom is 0.254 e. The maximum atomic E-state index is 13.7.